The molecule has 1 unspecified atom stereocenters. The SMILES string of the molecule is CN1CCN(C(=O)c2ccccc2N)C(c2ccccc2)C1. The Labute approximate surface area is 131 Å². The Morgan fingerprint density at radius 1 is 1.05 bits per heavy atom. The van der Waals surface area contributed by atoms with Gasteiger partial charge in [0.05, 0.1) is 11.6 Å². The van der Waals surface area contributed by atoms with Crippen molar-refractivity contribution in [2.75, 3.05) is 32.4 Å². The predicted octanol–water partition coefficient (Wildman–Crippen LogP) is 2.40. The van der Waals surface area contributed by atoms with E-state index in [2.05, 4.69) is 24.1 Å². The lowest BCUT2D eigenvalue weighted by Gasteiger charge is -2.40. The van der Waals surface area contributed by atoms with Crippen molar-refractivity contribution in [2.24, 2.45) is 0 Å². The van der Waals surface area contributed by atoms with E-state index in [4.69, 9.17) is 5.73 Å². The molecule has 3 rings (SSSR count). The fourth-order valence-corrected chi connectivity index (χ4v) is 2.97. The van der Waals surface area contributed by atoms with Crippen LogP contribution < -0.4 is 5.73 Å². The van der Waals surface area contributed by atoms with Crippen LogP contribution in [0.25, 0.3) is 0 Å². The summed E-state index contributed by atoms with van der Waals surface area (Å²) in [6, 6.07) is 17.6. The number of nitrogen functional groups attached to an aromatic ring is 1. The maximum absolute atomic E-state index is 12.9. The van der Waals surface area contributed by atoms with E-state index in [-0.39, 0.29) is 11.9 Å². The molecule has 1 aliphatic rings. The highest BCUT2D eigenvalue weighted by molar-refractivity contribution is 5.99. The van der Waals surface area contributed by atoms with E-state index in [0.29, 0.717) is 17.8 Å². The van der Waals surface area contributed by atoms with Crippen LogP contribution in [0, 0.1) is 0 Å². The molecule has 22 heavy (non-hydrogen) atoms. The number of amides is 1. The van der Waals surface area contributed by atoms with E-state index in [1.807, 2.05) is 35.2 Å². The van der Waals surface area contributed by atoms with Crippen LogP contribution in [0.5, 0.6) is 0 Å². The number of nitrogens with zero attached hydrogens (tertiary/aromatic N) is 2. The van der Waals surface area contributed by atoms with Gasteiger partial charge < -0.3 is 15.5 Å². The summed E-state index contributed by atoms with van der Waals surface area (Å²) in [7, 11) is 2.09. The second-order valence-electron chi connectivity index (χ2n) is 5.77. The third-order valence-electron chi connectivity index (χ3n) is 4.22. The lowest BCUT2D eigenvalue weighted by Crippen LogP contribution is -2.49. The summed E-state index contributed by atoms with van der Waals surface area (Å²) >= 11 is 0. The number of carbonyl (C=O) groups excluding carboxylic acids is 1. The summed E-state index contributed by atoms with van der Waals surface area (Å²) in [6.45, 7) is 2.42. The molecule has 0 bridgehead atoms. The maximum Gasteiger partial charge on any atom is 0.256 e. The van der Waals surface area contributed by atoms with Crippen LogP contribution >= 0.6 is 0 Å². The van der Waals surface area contributed by atoms with Gasteiger partial charge >= 0.3 is 0 Å². The number of hydrogen-bond acceptors (Lipinski definition) is 3. The van der Waals surface area contributed by atoms with Crippen LogP contribution in [0.2, 0.25) is 0 Å². The van der Waals surface area contributed by atoms with Crippen molar-refractivity contribution in [1.82, 2.24) is 9.80 Å². The summed E-state index contributed by atoms with van der Waals surface area (Å²) in [5.41, 5.74) is 8.28. The first-order valence-electron chi connectivity index (χ1n) is 7.56. The van der Waals surface area contributed by atoms with Crippen molar-refractivity contribution in [2.45, 2.75) is 6.04 Å². The van der Waals surface area contributed by atoms with Crippen LogP contribution in [-0.2, 0) is 0 Å². The fraction of sp³-hybridized carbons (Fsp3) is 0.278. The molecule has 0 radical (unpaired) electrons. The molecule has 4 heteroatoms. The fourth-order valence-electron chi connectivity index (χ4n) is 2.97. The van der Waals surface area contributed by atoms with Gasteiger partial charge in [0, 0.05) is 25.3 Å². The highest BCUT2D eigenvalue weighted by atomic mass is 16.2. The van der Waals surface area contributed by atoms with E-state index in [1.54, 1.807) is 12.1 Å². The average Bonchev–Trinajstić information content (AvgIpc) is 2.55. The summed E-state index contributed by atoms with van der Waals surface area (Å²) in [5, 5.41) is 0. The lowest BCUT2D eigenvalue weighted by molar-refractivity contribution is 0.0499. The zero-order valence-electron chi connectivity index (χ0n) is 12.8. The minimum absolute atomic E-state index is 0.0139. The monoisotopic (exact) mass is 295 g/mol. The van der Waals surface area contributed by atoms with Gasteiger partial charge in [-0.05, 0) is 24.7 Å². The van der Waals surface area contributed by atoms with Gasteiger partial charge in [0.1, 0.15) is 0 Å². The van der Waals surface area contributed by atoms with E-state index >= 15 is 0 Å². The zero-order chi connectivity index (χ0) is 15.5. The maximum atomic E-state index is 12.9. The normalized spacial score (nSPS) is 19.1. The minimum atomic E-state index is 0.0139. The van der Waals surface area contributed by atoms with Gasteiger partial charge in [-0.1, -0.05) is 42.5 Å². The number of carbonyl (C=O) groups is 1. The van der Waals surface area contributed by atoms with Crippen LogP contribution in [0.15, 0.2) is 54.6 Å². The Morgan fingerprint density at radius 3 is 2.45 bits per heavy atom. The molecule has 4 nitrogen and oxygen atoms in total. The number of benzene rings is 2. The van der Waals surface area contributed by atoms with Crippen LogP contribution in [0.4, 0.5) is 5.69 Å². The second-order valence-corrected chi connectivity index (χ2v) is 5.77. The van der Waals surface area contributed by atoms with Crippen molar-refractivity contribution in [3.63, 3.8) is 0 Å². The molecule has 1 aliphatic heterocycles. The number of rotatable bonds is 2. The Morgan fingerprint density at radius 2 is 1.73 bits per heavy atom. The quantitative estimate of drug-likeness (QED) is 0.866. The van der Waals surface area contributed by atoms with Gasteiger partial charge in [0.2, 0.25) is 0 Å². The zero-order valence-corrected chi connectivity index (χ0v) is 12.8. The molecule has 1 fully saturated rings. The number of para-hydroxylation sites is 1. The Hall–Kier alpha value is -2.33. The smallest absolute Gasteiger partial charge is 0.256 e. The molecule has 2 N–H and O–H groups in total. The third-order valence-corrected chi connectivity index (χ3v) is 4.22. The van der Waals surface area contributed by atoms with Gasteiger partial charge in [-0.2, -0.15) is 0 Å². The van der Waals surface area contributed by atoms with Crippen molar-refractivity contribution >= 4 is 11.6 Å². The van der Waals surface area contributed by atoms with E-state index in [1.165, 1.54) is 0 Å². The summed E-state index contributed by atoms with van der Waals surface area (Å²) in [5.74, 6) is 0.0139. The molecule has 2 aromatic rings. The van der Waals surface area contributed by atoms with Crippen molar-refractivity contribution in [3.05, 3.63) is 65.7 Å². The van der Waals surface area contributed by atoms with E-state index in [9.17, 15) is 4.79 Å². The van der Waals surface area contributed by atoms with E-state index < -0.39 is 0 Å². The summed E-state index contributed by atoms with van der Waals surface area (Å²) in [4.78, 5) is 17.1. The molecular formula is C18H21N3O. The second kappa shape index (κ2) is 6.20. The van der Waals surface area contributed by atoms with Gasteiger partial charge in [-0.15, -0.1) is 0 Å². The average molecular weight is 295 g/mol. The minimum Gasteiger partial charge on any atom is -0.398 e. The van der Waals surface area contributed by atoms with Gasteiger partial charge in [0.15, 0.2) is 0 Å². The first kappa shape index (κ1) is 14.6. The van der Waals surface area contributed by atoms with Crippen LogP contribution in [-0.4, -0.2) is 42.4 Å². The number of piperazine rings is 1. The molecule has 2 aromatic carbocycles. The molecular weight excluding hydrogens is 274 g/mol. The van der Waals surface area contributed by atoms with Gasteiger partial charge in [0.25, 0.3) is 5.91 Å². The number of nitrogens with two attached hydrogens (primary N) is 1. The molecule has 0 aliphatic carbocycles. The highest BCUT2D eigenvalue weighted by Gasteiger charge is 2.31. The Bertz CT molecular complexity index is 656. The van der Waals surface area contributed by atoms with Crippen LogP contribution in [0.1, 0.15) is 22.0 Å². The summed E-state index contributed by atoms with van der Waals surface area (Å²) in [6.07, 6.45) is 0. The van der Waals surface area contributed by atoms with Crippen molar-refractivity contribution < 1.29 is 4.79 Å². The molecule has 1 amide bonds. The van der Waals surface area contributed by atoms with Crippen molar-refractivity contribution in [1.29, 1.82) is 0 Å². The molecule has 0 spiro atoms. The highest BCUT2D eigenvalue weighted by Crippen LogP contribution is 2.27. The number of likely N-dealkylation sites (N-methyl/N-ethyl adjacent to an activating group) is 1. The predicted molar refractivity (Wildman–Crippen MR) is 88.6 cm³/mol. The molecule has 1 heterocycles. The molecule has 0 saturated carbocycles. The van der Waals surface area contributed by atoms with Gasteiger partial charge in [-0.3, -0.25) is 4.79 Å². The molecule has 0 aromatic heterocycles. The largest absolute Gasteiger partial charge is 0.398 e. The number of anilines is 1. The summed E-state index contributed by atoms with van der Waals surface area (Å²) < 4.78 is 0. The number of hydrogen-bond donors (Lipinski definition) is 1. The first-order chi connectivity index (χ1) is 10.7. The topological polar surface area (TPSA) is 49.6 Å². The Balaban J connectivity index is 1.93. The van der Waals surface area contributed by atoms with Crippen LogP contribution in [0.3, 0.4) is 0 Å². The third kappa shape index (κ3) is 2.83. The Kier molecular flexibility index (Phi) is 4.11. The van der Waals surface area contributed by atoms with Gasteiger partial charge in [-0.25, -0.2) is 0 Å². The molecule has 1 saturated heterocycles. The first-order valence-corrected chi connectivity index (χ1v) is 7.56. The molecule has 114 valence electrons. The van der Waals surface area contributed by atoms with Crippen molar-refractivity contribution in [3.8, 4) is 0 Å². The molecule has 1 atom stereocenters. The lowest BCUT2D eigenvalue weighted by atomic mass is 10.0. The van der Waals surface area contributed by atoms with E-state index in [0.717, 1.165) is 18.7 Å². The standard InChI is InChI=1S/C18H21N3O/c1-20-11-12-21(17(13-20)14-7-3-2-4-8-14)18(22)15-9-5-6-10-16(15)19/h2-10,17H,11-13,19H2,1H3.